The van der Waals surface area contributed by atoms with Gasteiger partial charge in [-0.2, -0.15) is 26.3 Å². The lowest BCUT2D eigenvalue weighted by Gasteiger charge is -2.15. The number of carbonyl (C=O) groups is 1. The van der Waals surface area contributed by atoms with Crippen LogP contribution in [0.3, 0.4) is 0 Å². The molecule has 1 aromatic carbocycles. The van der Waals surface area contributed by atoms with E-state index in [9.17, 15) is 31.1 Å². The number of hydrogen-bond donors (Lipinski definition) is 1. The van der Waals surface area contributed by atoms with Crippen molar-refractivity contribution in [2.75, 3.05) is 5.32 Å². The number of rotatable bonds is 3. The van der Waals surface area contributed by atoms with Crippen LogP contribution >= 0.6 is 11.6 Å². The van der Waals surface area contributed by atoms with E-state index in [1.807, 2.05) is 5.32 Å². The molecule has 0 fully saturated rings. The monoisotopic (exact) mass is 371 g/mol. The van der Waals surface area contributed by atoms with Crippen molar-refractivity contribution in [3.05, 3.63) is 47.0 Å². The Morgan fingerprint density at radius 3 is 2.04 bits per heavy atom. The maximum absolute atomic E-state index is 12.7. The van der Waals surface area contributed by atoms with Gasteiger partial charge in [-0.05, 0) is 29.8 Å². The summed E-state index contributed by atoms with van der Waals surface area (Å²) in [6.07, 6.45) is -7.38. The number of hydrogen-bond acceptors (Lipinski definition) is 2. The van der Waals surface area contributed by atoms with E-state index in [1.165, 1.54) is 12.4 Å². The van der Waals surface area contributed by atoms with Gasteiger partial charge in [-0.1, -0.05) is 0 Å². The molecule has 130 valence electrons. The molecule has 0 atom stereocenters. The number of carbonyl (C=O) groups excluding carboxylic acids is 1. The number of benzene rings is 1. The maximum Gasteiger partial charge on any atom is 0.416 e. The topological polar surface area (TPSA) is 46.9 Å². The van der Waals surface area contributed by atoms with Gasteiger partial charge in [0.1, 0.15) is 6.54 Å². The zero-order chi connectivity index (χ0) is 18.1. The number of imidazole rings is 1. The number of anilines is 1. The Balaban J connectivity index is 2.29. The standard InChI is InChI=1S/C13H8ClF6N3O/c14-11-21-1-2-23(11)6-10(24)22-9-4-7(12(15,16)17)3-8(5-9)13(18,19)20/h1-5H,6H2,(H,22,24). The summed E-state index contributed by atoms with van der Waals surface area (Å²) in [4.78, 5) is 15.4. The maximum atomic E-state index is 12.7. The SMILES string of the molecule is O=C(Cn1ccnc1Cl)Nc1cc(C(F)(F)F)cc(C(F)(F)F)c1. The van der Waals surface area contributed by atoms with Crippen LogP contribution in [0.4, 0.5) is 32.0 Å². The zero-order valence-corrected chi connectivity index (χ0v) is 12.3. The van der Waals surface area contributed by atoms with E-state index in [0.717, 1.165) is 4.57 Å². The Morgan fingerprint density at radius 2 is 1.62 bits per heavy atom. The summed E-state index contributed by atoms with van der Waals surface area (Å²) in [6, 6.07) is 0.813. The zero-order valence-electron chi connectivity index (χ0n) is 11.5. The number of aromatic nitrogens is 2. The molecule has 4 nitrogen and oxygen atoms in total. The van der Waals surface area contributed by atoms with Crippen molar-refractivity contribution in [3.8, 4) is 0 Å². The summed E-state index contributed by atoms with van der Waals surface area (Å²) < 4.78 is 77.5. The van der Waals surface area contributed by atoms with Gasteiger partial charge in [-0.25, -0.2) is 4.98 Å². The third-order valence-electron chi connectivity index (χ3n) is 2.85. The van der Waals surface area contributed by atoms with Crippen LogP contribution in [0.2, 0.25) is 5.28 Å². The van der Waals surface area contributed by atoms with E-state index in [-0.39, 0.29) is 11.3 Å². The first kappa shape index (κ1) is 18.1. The lowest BCUT2D eigenvalue weighted by molar-refractivity contribution is -0.143. The van der Waals surface area contributed by atoms with Crippen LogP contribution in [0.15, 0.2) is 30.6 Å². The van der Waals surface area contributed by atoms with Gasteiger partial charge >= 0.3 is 12.4 Å². The van der Waals surface area contributed by atoms with Crippen LogP contribution in [0.1, 0.15) is 11.1 Å². The second-order valence-corrected chi connectivity index (χ2v) is 5.00. The number of halogens is 7. The number of alkyl halides is 6. The highest BCUT2D eigenvalue weighted by Crippen LogP contribution is 2.37. The summed E-state index contributed by atoms with van der Waals surface area (Å²) in [7, 11) is 0. The van der Waals surface area contributed by atoms with Crippen LogP contribution < -0.4 is 5.32 Å². The van der Waals surface area contributed by atoms with E-state index in [1.54, 1.807) is 0 Å². The molecule has 0 spiro atoms. The van der Waals surface area contributed by atoms with Crippen LogP contribution in [0.25, 0.3) is 0 Å². The molecule has 0 aliphatic heterocycles. The third-order valence-corrected chi connectivity index (χ3v) is 3.16. The number of nitrogens with one attached hydrogen (secondary N) is 1. The van der Waals surface area contributed by atoms with E-state index < -0.39 is 41.6 Å². The van der Waals surface area contributed by atoms with Crippen molar-refractivity contribution in [3.63, 3.8) is 0 Å². The summed E-state index contributed by atoms with van der Waals surface area (Å²) in [6.45, 7) is -0.420. The van der Waals surface area contributed by atoms with Crippen molar-refractivity contribution in [2.24, 2.45) is 0 Å². The molecular weight excluding hydrogens is 364 g/mol. The van der Waals surface area contributed by atoms with Crippen LogP contribution in [0.5, 0.6) is 0 Å². The van der Waals surface area contributed by atoms with Gasteiger partial charge in [-0.3, -0.25) is 4.79 Å². The second-order valence-electron chi connectivity index (χ2n) is 4.67. The molecule has 1 N–H and O–H groups in total. The third kappa shape index (κ3) is 4.40. The quantitative estimate of drug-likeness (QED) is 0.821. The highest BCUT2D eigenvalue weighted by Gasteiger charge is 2.37. The first-order valence-corrected chi connectivity index (χ1v) is 6.60. The van der Waals surface area contributed by atoms with Gasteiger partial charge in [0.25, 0.3) is 0 Å². The van der Waals surface area contributed by atoms with Crippen molar-refractivity contribution in [1.82, 2.24) is 9.55 Å². The normalized spacial score (nSPS) is 12.3. The lowest BCUT2D eigenvalue weighted by Crippen LogP contribution is -2.20. The highest BCUT2D eigenvalue weighted by molar-refractivity contribution is 6.28. The van der Waals surface area contributed by atoms with Gasteiger partial charge in [0, 0.05) is 18.1 Å². The van der Waals surface area contributed by atoms with E-state index in [0.29, 0.717) is 12.1 Å². The van der Waals surface area contributed by atoms with E-state index in [2.05, 4.69) is 4.98 Å². The highest BCUT2D eigenvalue weighted by atomic mass is 35.5. The summed E-state index contributed by atoms with van der Waals surface area (Å²) in [5.74, 6) is -0.859. The molecule has 0 bridgehead atoms. The van der Waals surface area contributed by atoms with Crippen molar-refractivity contribution in [2.45, 2.75) is 18.9 Å². The second kappa shape index (κ2) is 6.34. The summed E-state index contributed by atoms with van der Waals surface area (Å²) >= 11 is 5.63. The van der Waals surface area contributed by atoms with Crippen molar-refractivity contribution in [1.29, 1.82) is 0 Å². The average Bonchev–Trinajstić information content (AvgIpc) is 2.81. The van der Waals surface area contributed by atoms with Gasteiger partial charge < -0.3 is 9.88 Å². The molecule has 0 radical (unpaired) electrons. The molecule has 0 saturated heterocycles. The molecule has 1 heterocycles. The van der Waals surface area contributed by atoms with Gasteiger partial charge in [0.15, 0.2) is 0 Å². The van der Waals surface area contributed by atoms with Gasteiger partial charge in [-0.15, -0.1) is 0 Å². The summed E-state index contributed by atoms with van der Waals surface area (Å²) in [5.41, 5.74) is -3.67. The van der Waals surface area contributed by atoms with E-state index >= 15 is 0 Å². The fourth-order valence-corrected chi connectivity index (χ4v) is 1.98. The Hall–Kier alpha value is -2.23. The molecule has 24 heavy (non-hydrogen) atoms. The smallest absolute Gasteiger partial charge is 0.325 e. The largest absolute Gasteiger partial charge is 0.416 e. The fraction of sp³-hybridized carbons (Fsp3) is 0.231. The predicted octanol–water partition coefficient (Wildman–Crippen LogP) is 4.21. The fourth-order valence-electron chi connectivity index (χ4n) is 1.81. The average molecular weight is 372 g/mol. The predicted molar refractivity (Wildman–Crippen MR) is 72.3 cm³/mol. The van der Waals surface area contributed by atoms with Gasteiger partial charge in [0.2, 0.25) is 11.2 Å². The summed E-state index contributed by atoms with van der Waals surface area (Å²) in [5, 5.41) is 1.94. The Morgan fingerprint density at radius 1 is 1.08 bits per heavy atom. The minimum Gasteiger partial charge on any atom is -0.325 e. The Labute approximate surface area is 136 Å². The molecule has 2 aromatic rings. The first-order chi connectivity index (χ1) is 11.0. The molecule has 0 unspecified atom stereocenters. The molecule has 0 saturated carbocycles. The minimum absolute atomic E-state index is 0.0254. The molecule has 1 amide bonds. The minimum atomic E-state index is -4.99. The van der Waals surface area contributed by atoms with Crippen LogP contribution in [-0.4, -0.2) is 15.5 Å². The Bertz CT molecular complexity index is 721. The first-order valence-electron chi connectivity index (χ1n) is 6.23. The van der Waals surface area contributed by atoms with E-state index in [4.69, 9.17) is 11.6 Å². The van der Waals surface area contributed by atoms with Gasteiger partial charge in [0.05, 0.1) is 11.1 Å². The molecule has 11 heteroatoms. The number of amides is 1. The molecule has 1 aromatic heterocycles. The molecule has 0 aliphatic carbocycles. The van der Waals surface area contributed by atoms with Crippen LogP contribution in [0, 0.1) is 0 Å². The lowest BCUT2D eigenvalue weighted by atomic mass is 10.1. The molecular formula is C13H8ClF6N3O. The Kier molecular flexibility index (Phi) is 4.79. The van der Waals surface area contributed by atoms with Crippen LogP contribution in [-0.2, 0) is 23.7 Å². The molecule has 2 rings (SSSR count). The molecule has 0 aliphatic rings. The van der Waals surface area contributed by atoms with Crippen molar-refractivity contribution >= 4 is 23.2 Å². The number of nitrogens with zero attached hydrogens (tertiary/aromatic N) is 2. The van der Waals surface area contributed by atoms with Crippen molar-refractivity contribution < 1.29 is 31.1 Å².